The molecule has 12 nitrogen and oxygen atoms in total. The fraction of sp³-hybridized carbons (Fsp3) is 0.585. The fourth-order valence-electron chi connectivity index (χ4n) is 6.53. The van der Waals surface area contributed by atoms with E-state index in [4.69, 9.17) is 9.47 Å². The van der Waals surface area contributed by atoms with Crippen molar-refractivity contribution in [2.45, 2.75) is 103 Å². The Balaban J connectivity index is 1.50. The van der Waals surface area contributed by atoms with Gasteiger partial charge in [-0.15, -0.1) is 0 Å². The number of epoxide rings is 1. The minimum absolute atomic E-state index is 0.0206. The summed E-state index contributed by atoms with van der Waals surface area (Å²) in [5, 5.41) is 11.7. The first-order chi connectivity index (χ1) is 25.3. The fourth-order valence-corrected chi connectivity index (χ4v) is 6.53. The lowest BCUT2D eigenvalue weighted by Gasteiger charge is -2.29. The monoisotopic (exact) mass is 733 g/mol. The van der Waals surface area contributed by atoms with E-state index in [0.29, 0.717) is 58.6 Å². The van der Waals surface area contributed by atoms with Crippen molar-refractivity contribution < 1.29 is 33.4 Å². The standard InChI is InChI=1S/C41H59N5O7/c1-28(2)23-33(37(48)41(5)27-53-41)43-40(51)35(25-31-15-10-7-11-16-31)45-39(50)34(24-29(3)4)44-38(49)32(18-12-17-30-13-8-6-9-14-30)42-36(47)26-46-19-21-52-22-20-46/h6-11,13-16,28-29,32-35H,12,17-27H2,1-5H3,(H,42,47)(H,43,51)(H,44,49)(H,45,50)/t32-,33+,34+,35-,41+/m1/s1. The van der Waals surface area contributed by atoms with Crippen molar-refractivity contribution in [3.8, 4) is 0 Å². The van der Waals surface area contributed by atoms with Gasteiger partial charge in [0, 0.05) is 19.5 Å². The lowest BCUT2D eigenvalue weighted by Crippen LogP contribution is -2.59. The predicted molar refractivity (Wildman–Crippen MR) is 203 cm³/mol. The lowest BCUT2D eigenvalue weighted by molar-refractivity contribution is -0.135. The first-order valence-corrected chi connectivity index (χ1v) is 19.1. The highest BCUT2D eigenvalue weighted by Crippen LogP contribution is 2.29. The molecule has 5 atom stereocenters. The topological polar surface area (TPSA) is 158 Å². The van der Waals surface area contributed by atoms with Gasteiger partial charge in [0.1, 0.15) is 23.7 Å². The van der Waals surface area contributed by atoms with Gasteiger partial charge in [-0.2, -0.15) is 0 Å². The number of nitrogens with zero attached hydrogens (tertiary/aromatic N) is 1. The minimum atomic E-state index is -1.03. The van der Waals surface area contributed by atoms with Crippen molar-refractivity contribution in [1.29, 1.82) is 0 Å². The van der Waals surface area contributed by atoms with Crippen molar-refractivity contribution in [1.82, 2.24) is 26.2 Å². The average molecular weight is 734 g/mol. The van der Waals surface area contributed by atoms with Gasteiger partial charge in [-0.1, -0.05) is 88.4 Å². The highest BCUT2D eigenvalue weighted by molar-refractivity contribution is 5.98. The Hall–Kier alpha value is -4.13. The third kappa shape index (κ3) is 14.0. The number of ketones is 1. The number of ether oxygens (including phenoxy) is 2. The van der Waals surface area contributed by atoms with Crippen LogP contribution in [-0.4, -0.2) is 104 Å². The van der Waals surface area contributed by atoms with Gasteiger partial charge in [0.05, 0.1) is 32.4 Å². The second-order valence-corrected chi connectivity index (χ2v) is 15.4. The number of aryl methyl sites for hydroxylation is 1. The largest absolute Gasteiger partial charge is 0.379 e. The number of amides is 4. The van der Waals surface area contributed by atoms with Crippen molar-refractivity contribution in [3.63, 3.8) is 0 Å². The molecule has 2 aromatic rings. The molecule has 2 aliphatic heterocycles. The second-order valence-electron chi connectivity index (χ2n) is 15.4. The van der Waals surface area contributed by atoms with Crippen LogP contribution in [0.25, 0.3) is 0 Å². The lowest BCUT2D eigenvalue weighted by atomic mass is 9.93. The maximum atomic E-state index is 14.1. The molecule has 0 aliphatic carbocycles. The van der Waals surface area contributed by atoms with Gasteiger partial charge in [0.25, 0.3) is 0 Å². The van der Waals surface area contributed by atoms with Crippen LogP contribution in [-0.2, 0) is 46.3 Å². The Morgan fingerprint density at radius 3 is 1.79 bits per heavy atom. The molecular formula is C41H59N5O7. The van der Waals surface area contributed by atoms with E-state index in [2.05, 4.69) is 21.3 Å². The highest BCUT2D eigenvalue weighted by Gasteiger charge is 2.50. The van der Waals surface area contributed by atoms with Crippen LogP contribution in [0.4, 0.5) is 0 Å². The van der Waals surface area contributed by atoms with Crippen LogP contribution in [0.3, 0.4) is 0 Å². The van der Waals surface area contributed by atoms with Crippen molar-refractivity contribution >= 4 is 29.4 Å². The van der Waals surface area contributed by atoms with E-state index < -0.39 is 47.5 Å². The smallest absolute Gasteiger partial charge is 0.243 e. The molecule has 0 saturated carbocycles. The molecule has 4 rings (SSSR count). The molecule has 4 amide bonds. The predicted octanol–water partition coefficient (Wildman–Crippen LogP) is 2.97. The van der Waals surface area contributed by atoms with Crippen LogP contribution < -0.4 is 21.3 Å². The first kappa shape index (κ1) is 41.6. The van der Waals surface area contributed by atoms with Gasteiger partial charge in [-0.05, 0) is 62.0 Å². The summed E-state index contributed by atoms with van der Waals surface area (Å²) in [5.74, 6) is -1.79. The first-order valence-electron chi connectivity index (χ1n) is 19.1. The van der Waals surface area contributed by atoms with Crippen LogP contribution in [0.15, 0.2) is 60.7 Å². The Labute approximate surface area is 314 Å². The Kier molecular flexibility index (Phi) is 16.0. The number of morpholine rings is 1. The molecule has 2 fully saturated rings. The summed E-state index contributed by atoms with van der Waals surface area (Å²) in [6, 6.07) is 15.6. The van der Waals surface area contributed by atoms with E-state index in [1.807, 2.05) is 93.3 Å². The molecule has 0 spiro atoms. The maximum Gasteiger partial charge on any atom is 0.243 e. The normalized spacial score (nSPS) is 19.5. The van der Waals surface area contributed by atoms with Crippen molar-refractivity contribution in [2.75, 3.05) is 39.5 Å². The molecule has 290 valence electrons. The molecule has 0 radical (unpaired) electrons. The number of nitrogens with one attached hydrogen (secondary N) is 4. The molecule has 4 N–H and O–H groups in total. The minimum Gasteiger partial charge on any atom is -0.379 e. The summed E-state index contributed by atoms with van der Waals surface area (Å²) in [7, 11) is 0. The van der Waals surface area contributed by atoms with Gasteiger partial charge < -0.3 is 30.7 Å². The Morgan fingerprint density at radius 1 is 0.698 bits per heavy atom. The molecular weight excluding hydrogens is 674 g/mol. The number of carbonyl (C=O) groups is 5. The summed E-state index contributed by atoms with van der Waals surface area (Å²) in [5.41, 5.74) is 1.03. The van der Waals surface area contributed by atoms with Gasteiger partial charge in [-0.3, -0.25) is 28.9 Å². The van der Waals surface area contributed by atoms with E-state index in [0.717, 1.165) is 17.5 Å². The molecule has 2 aromatic carbocycles. The molecule has 53 heavy (non-hydrogen) atoms. The summed E-state index contributed by atoms with van der Waals surface area (Å²) >= 11 is 0. The number of carbonyl (C=O) groups excluding carboxylic acids is 5. The molecule has 2 saturated heterocycles. The third-order valence-electron chi connectivity index (χ3n) is 9.62. The molecule has 2 aliphatic rings. The summed E-state index contributed by atoms with van der Waals surface area (Å²) in [6.45, 7) is 12.4. The van der Waals surface area contributed by atoms with E-state index in [9.17, 15) is 24.0 Å². The third-order valence-corrected chi connectivity index (χ3v) is 9.62. The van der Waals surface area contributed by atoms with Crippen LogP contribution >= 0.6 is 0 Å². The van der Waals surface area contributed by atoms with E-state index in [1.54, 1.807) is 6.92 Å². The number of hydrogen-bond acceptors (Lipinski definition) is 8. The van der Waals surface area contributed by atoms with Gasteiger partial charge in [0.15, 0.2) is 5.78 Å². The zero-order valence-corrected chi connectivity index (χ0v) is 32.0. The molecule has 12 heteroatoms. The highest BCUT2D eigenvalue weighted by atomic mass is 16.6. The number of Topliss-reactive ketones (excluding diaryl/α,β-unsaturated/α-hetero) is 1. The SMILES string of the molecule is CC(C)C[C@H](NC(=O)[C@@H](CCCc1ccccc1)NC(=O)CN1CCOCC1)C(=O)N[C@H](Cc1ccccc1)C(=O)N[C@@H](CC(C)C)C(=O)[C@]1(C)CO1. The summed E-state index contributed by atoms with van der Waals surface area (Å²) in [4.78, 5) is 70.6. The number of benzene rings is 2. The Morgan fingerprint density at radius 2 is 1.21 bits per heavy atom. The second kappa shape index (κ2) is 20.4. The molecule has 0 unspecified atom stereocenters. The van der Waals surface area contributed by atoms with Crippen molar-refractivity contribution in [2.24, 2.45) is 11.8 Å². The molecule has 0 bridgehead atoms. The zero-order chi connectivity index (χ0) is 38.4. The molecule has 0 aromatic heterocycles. The van der Waals surface area contributed by atoms with E-state index in [-0.39, 0.29) is 36.5 Å². The molecule has 2 heterocycles. The van der Waals surface area contributed by atoms with Gasteiger partial charge in [0.2, 0.25) is 23.6 Å². The van der Waals surface area contributed by atoms with Crippen LogP contribution in [0.5, 0.6) is 0 Å². The summed E-state index contributed by atoms with van der Waals surface area (Å²) < 4.78 is 10.8. The maximum absolute atomic E-state index is 14.1. The van der Waals surface area contributed by atoms with Crippen LogP contribution in [0, 0.1) is 11.8 Å². The zero-order valence-electron chi connectivity index (χ0n) is 32.0. The van der Waals surface area contributed by atoms with Crippen LogP contribution in [0.2, 0.25) is 0 Å². The Bertz CT molecular complexity index is 1490. The van der Waals surface area contributed by atoms with E-state index in [1.165, 1.54) is 0 Å². The number of hydrogen-bond donors (Lipinski definition) is 4. The quantitative estimate of drug-likeness (QED) is 0.143. The van der Waals surface area contributed by atoms with Crippen LogP contribution in [0.1, 0.15) is 71.4 Å². The van der Waals surface area contributed by atoms with Gasteiger partial charge in [-0.25, -0.2) is 0 Å². The average Bonchev–Trinajstić information content (AvgIpc) is 3.88. The number of rotatable bonds is 21. The van der Waals surface area contributed by atoms with Crippen molar-refractivity contribution in [3.05, 3.63) is 71.8 Å². The van der Waals surface area contributed by atoms with E-state index >= 15 is 0 Å². The summed E-state index contributed by atoms with van der Waals surface area (Å²) in [6.07, 6.45) is 2.64. The van der Waals surface area contributed by atoms with Gasteiger partial charge >= 0.3 is 0 Å².